The quantitative estimate of drug-likeness (QED) is 0.784. The van der Waals surface area contributed by atoms with Gasteiger partial charge in [-0.25, -0.2) is 4.98 Å². The van der Waals surface area contributed by atoms with Gasteiger partial charge in [0.2, 0.25) is 0 Å². The number of rotatable bonds is 3. The maximum absolute atomic E-state index is 13.2. The third-order valence-corrected chi connectivity index (χ3v) is 6.62. The van der Waals surface area contributed by atoms with Gasteiger partial charge in [0.1, 0.15) is 11.4 Å². The highest BCUT2D eigenvalue weighted by Gasteiger charge is 2.47. The molecule has 2 aromatic rings. The fourth-order valence-corrected chi connectivity index (χ4v) is 5.07. The SMILES string of the molecule is Cn1cc(CN2CCC3(CC2)OC(C(=O)N2CCCCC2)Cn2ccnc23)cn1. The molecule has 0 aliphatic carbocycles. The van der Waals surface area contributed by atoms with Gasteiger partial charge in [0.15, 0.2) is 6.10 Å². The third-order valence-electron chi connectivity index (χ3n) is 6.62. The molecule has 0 N–H and O–H groups in total. The van der Waals surface area contributed by atoms with E-state index < -0.39 is 11.7 Å². The molecule has 2 saturated heterocycles. The Morgan fingerprint density at radius 2 is 2.00 bits per heavy atom. The molecule has 0 aromatic carbocycles. The van der Waals surface area contributed by atoms with Gasteiger partial charge in [-0.3, -0.25) is 14.4 Å². The van der Waals surface area contributed by atoms with Crippen LogP contribution in [0.3, 0.4) is 0 Å². The molecular formula is C21H30N6O2. The molecule has 8 heteroatoms. The van der Waals surface area contributed by atoms with Gasteiger partial charge in [-0.05, 0) is 32.1 Å². The number of aryl methyl sites for hydroxylation is 1. The van der Waals surface area contributed by atoms with Crippen molar-refractivity contribution in [1.82, 2.24) is 29.1 Å². The Kier molecular flexibility index (Phi) is 4.91. The Bertz CT molecular complexity index is 860. The lowest BCUT2D eigenvalue weighted by molar-refractivity contribution is -0.182. The van der Waals surface area contributed by atoms with Crippen LogP contribution in [0.1, 0.15) is 43.5 Å². The number of likely N-dealkylation sites (tertiary alicyclic amines) is 2. The normalized spacial score (nSPS) is 24.6. The molecule has 0 radical (unpaired) electrons. The van der Waals surface area contributed by atoms with Crippen molar-refractivity contribution in [3.8, 4) is 0 Å². The van der Waals surface area contributed by atoms with Gasteiger partial charge >= 0.3 is 0 Å². The number of imidazole rings is 1. The highest BCUT2D eigenvalue weighted by atomic mass is 16.5. The molecule has 1 unspecified atom stereocenters. The summed E-state index contributed by atoms with van der Waals surface area (Å²) >= 11 is 0. The van der Waals surface area contributed by atoms with Crippen molar-refractivity contribution in [2.45, 2.75) is 56.9 Å². The molecule has 3 aliphatic rings. The summed E-state index contributed by atoms with van der Waals surface area (Å²) in [6.07, 6.45) is 12.6. The summed E-state index contributed by atoms with van der Waals surface area (Å²) < 4.78 is 10.6. The fourth-order valence-electron chi connectivity index (χ4n) is 5.07. The first-order chi connectivity index (χ1) is 14.1. The first kappa shape index (κ1) is 18.8. The van der Waals surface area contributed by atoms with Crippen molar-refractivity contribution in [3.63, 3.8) is 0 Å². The second kappa shape index (κ2) is 7.57. The van der Waals surface area contributed by atoms with Crippen molar-refractivity contribution in [2.24, 2.45) is 7.05 Å². The van der Waals surface area contributed by atoms with Crippen LogP contribution in [0.2, 0.25) is 0 Å². The number of ether oxygens (including phenoxy) is 1. The van der Waals surface area contributed by atoms with Crippen LogP contribution in [0.4, 0.5) is 0 Å². The van der Waals surface area contributed by atoms with Crippen LogP contribution in [0.25, 0.3) is 0 Å². The molecule has 1 amide bonds. The van der Waals surface area contributed by atoms with E-state index in [4.69, 9.17) is 4.74 Å². The maximum atomic E-state index is 13.2. The van der Waals surface area contributed by atoms with Gasteiger partial charge in [0.25, 0.3) is 5.91 Å². The van der Waals surface area contributed by atoms with E-state index in [9.17, 15) is 4.79 Å². The molecule has 1 spiro atoms. The molecule has 5 heterocycles. The summed E-state index contributed by atoms with van der Waals surface area (Å²) in [7, 11) is 1.95. The monoisotopic (exact) mass is 398 g/mol. The van der Waals surface area contributed by atoms with E-state index in [0.29, 0.717) is 6.54 Å². The predicted molar refractivity (Wildman–Crippen MR) is 107 cm³/mol. The number of carbonyl (C=O) groups is 1. The summed E-state index contributed by atoms with van der Waals surface area (Å²) in [4.78, 5) is 22.2. The van der Waals surface area contributed by atoms with Crippen LogP contribution < -0.4 is 0 Å². The van der Waals surface area contributed by atoms with Crippen LogP contribution in [0.15, 0.2) is 24.8 Å². The van der Waals surface area contributed by atoms with Crippen LogP contribution >= 0.6 is 0 Å². The van der Waals surface area contributed by atoms with Crippen molar-refractivity contribution in [3.05, 3.63) is 36.2 Å². The molecule has 8 nitrogen and oxygen atoms in total. The molecular weight excluding hydrogens is 368 g/mol. The van der Waals surface area contributed by atoms with Gasteiger partial charge in [0.05, 0.1) is 12.7 Å². The number of aromatic nitrogens is 4. The number of piperidine rings is 2. The van der Waals surface area contributed by atoms with E-state index in [-0.39, 0.29) is 5.91 Å². The Labute approximate surface area is 171 Å². The molecule has 5 rings (SSSR count). The van der Waals surface area contributed by atoms with Gasteiger partial charge < -0.3 is 14.2 Å². The van der Waals surface area contributed by atoms with E-state index in [0.717, 1.165) is 64.2 Å². The lowest BCUT2D eigenvalue weighted by Crippen LogP contribution is -2.55. The maximum Gasteiger partial charge on any atom is 0.253 e. The van der Waals surface area contributed by atoms with Crippen molar-refractivity contribution in [1.29, 1.82) is 0 Å². The van der Waals surface area contributed by atoms with Gasteiger partial charge in [-0.1, -0.05) is 0 Å². The number of fused-ring (bicyclic) bond motifs is 2. The zero-order chi connectivity index (χ0) is 19.8. The minimum Gasteiger partial charge on any atom is -0.352 e. The third kappa shape index (κ3) is 3.59. The second-order valence-corrected chi connectivity index (χ2v) is 8.69. The highest BCUT2D eigenvalue weighted by Crippen LogP contribution is 2.40. The first-order valence-electron chi connectivity index (χ1n) is 10.8. The van der Waals surface area contributed by atoms with Gasteiger partial charge in [-0.2, -0.15) is 5.10 Å². The summed E-state index contributed by atoms with van der Waals surface area (Å²) in [5.74, 6) is 1.14. The molecule has 29 heavy (non-hydrogen) atoms. The van der Waals surface area contributed by atoms with E-state index in [2.05, 4.69) is 25.7 Å². The minimum absolute atomic E-state index is 0.154. The second-order valence-electron chi connectivity index (χ2n) is 8.69. The average Bonchev–Trinajstić information content (AvgIpc) is 3.39. The van der Waals surface area contributed by atoms with E-state index in [1.807, 2.05) is 35.2 Å². The topological polar surface area (TPSA) is 68.4 Å². The predicted octanol–water partition coefficient (Wildman–Crippen LogP) is 1.52. The Balaban J connectivity index is 1.30. The average molecular weight is 399 g/mol. The smallest absolute Gasteiger partial charge is 0.253 e. The zero-order valence-corrected chi connectivity index (χ0v) is 17.2. The number of hydrogen-bond acceptors (Lipinski definition) is 5. The zero-order valence-electron chi connectivity index (χ0n) is 17.2. The number of amides is 1. The number of carbonyl (C=O) groups excluding carboxylic acids is 1. The van der Waals surface area contributed by atoms with Crippen LogP contribution in [-0.4, -0.2) is 67.3 Å². The van der Waals surface area contributed by atoms with Gasteiger partial charge in [0, 0.05) is 63.9 Å². The molecule has 2 fully saturated rings. The van der Waals surface area contributed by atoms with Crippen LogP contribution in [-0.2, 0) is 35.3 Å². The van der Waals surface area contributed by atoms with E-state index in [1.54, 1.807) is 0 Å². The lowest BCUT2D eigenvalue weighted by Gasteiger charge is -2.46. The van der Waals surface area contributed by atoms with Crippen LogP contribution in [0.5, 0.6) is 0 Å². The van der Waals surface area contributed by atoms with Crippen molar-refractivity contribution >= 4 is 5.91 Å². The van der Waals surface area contributed by atoms with Crippen LogP contribution in [0, 0.1) is 0 Å². The van der Waals surface area contributed by atoms with E-state index in [1.165, 1.54) is 12.0 Å². The number of hydrogen-bond donors (Lipinski definition) is 0. The summed E-state index contributed by atoms with van der Waals surface area (Å²) in [6.45, 7) is 5.04. The largest absolute Gasteiger partial charge is 0.352 e. The Hall–Kier alpha value is -2.19. The van der Waals surface area contributed by atoms with E-state index >= 15 is 0 Å². The standard InChI is InChI=1S/C21H30N6O2/c1-24-14-17(13-23-24)15-25-10-5-21(6-11-25)20-22-7-12-27(20)16-18(29-21)19(28)26-8-3-2-4-9-26/h7,12-14,18H,2-6,8-11,15-16H2,1H3. The molecule has 0 saturated carbocycles. The lowest BCUT2D eigenvalue weighted by atomic mass is 9.88. The highest BCUT2D eigenvalue weighted by molar-refractivity contribution is 5.81. The number of nitrogens with zero attached hydrogens (tertiary/aromatic N) is 6. The van der Waals surface area contributed by atoms with Gasteiger partial charge in [-0.15, -0.1) is 0 Å². The van der Waals surface area contributed by atoms with Crippen molar-refractivity contribution < 1.29 is 9.53 Å². The molecule has 0 bridgehead atoms. The van der Waals surface area contributed by atoms with Crippen molar-refractivity contribution in [2.75, 3.05) is 26.2 Å². The molecule has 156 valence electrons. The Morgan fingerprint density at radius 3 is 2.72 bits per heavy atom. The molecule has 1 atom stereocenters. The molecule has 2 aromatic heterocycles. The first-order valence-corrected chi connectivity index (χ1v) is 10.8. The Morgan fingerprint density at radius 1 is 1.21 bits per heavy atom. The minimum atomic E-state index is -0.455. The summed E-state index contributed by atoms with van der Waals surface area (Å²) in [6, 6.07) is 0. The summed E-state index contributed by atoms with van der Waals surface area (Å²) in [5.41, 5.74) is 0.774. The fraction of sp³-hybridized carbons (Fsp3) is 0.667. The summed E-state index contributed by atoms with van der Waals surface area (Å²) in [5, 5.41) is 4.27. The molecule has 3 aliphatic heterocycles.